The summed E-state index contributed by atoms with van der Waals surface area (Å²) in [5.41, 5.74) is 2.15. The predicted octanol–water partition coefficient (Wildman–Crippen LogP) is 3.64. The summed E-state index contributed by atoms with van der Waals surface area (Å²) in [4.78, 5) is 25.3. The highest BCUT2D eigenvalue weighted by atomic mass is 16.5. The Morgan fingerprint density at radius 3 is 2.84 bits per heavy atom. The third-order valence-corrected chi connectivity index (χ3v) is 5.53. The van der Waals surface area contributed by atoms with Crippen molar-refractivity contribution in [3.8, 4) is 6.07 Å². The second-order valence-corrected chi connectivity index (χ2v) is 6.63. The number of ether oxygens (including phenoxy) is 1. The normalized spacial score (nSPS) is 19.5. The monoisotopic (exact) mass is 338 g/mol. The van der Waals surface area contributed by atoms with Gasteiger partial charge in [-0.05, 0) is 37.3 Å². The van der Waals surface area contributed by atoms with Crippen LogP contribution in [0.25, 0.3) is 10.9 Å². The Labute approximate surface area is 147 Å². The van der Waals surface area contributed by atoms with Crippen LogP contribution in [-0.2, 0) is 22.4 Å². The molecule has 0 unspecified atom stereocenters. The van der Waals surface area contributed by atoms with Crippen molar-refractivity contribution in [2.24, 2.45) is 5.41 Å². The van der Waals surface area contributed by atoms with Crippen molar-refractivity contribution in [1.82, 2.24) is 4.57 Å². The smallest absolute Gasteiger partial charge is 0.310 e. The molecule has 1 aromatic heterocycles. The number of fused-ring (bicyclic) bond motifs is 3. The first-order valence-corrected chi connectivity index (χ1v) is 8.67. The van der Waals surface area contributed by atoms with Gasteiger partial charge in [0.2, 0.25) is 5.91 Å². The minimum Gasteiger partial charge on any atom is -0.469 e. The molecule has 1 aliphatic rings. The van der Waals surface area contributed by atoms with E-state index >= 15 is 0 Å². The van der Waals surface area contributed by atoms with Crippen LogP contribution in [0, 0.1) is 16.7 Å². The van der Waals surface area contributed by atoms with Gasteiger partial charge in [0, 0.05) is 17.5 Å². The van der Waals surface area contributed by atoms with Gasteiger partial charge in [-0.2, -0.15) is 5.26 Å². The van der Waals surface area contributed by atoms with Gasteiger partial charge in [-0.3, -0.25) is 14.2 Å². The molecule has 0 spiro atoms. The molecule has 1 atom stereocenters. The first kappa shape index (κ1) is 17.2. The van der Waals surface area contributed by atoms with Crippen molar-refractivity contribution in [3.63, 3.8) is 0 Å². The molecule has 5 heteroatoms. The van der Waals surface area contributed by atoms with Crippen LogP contribution in [-0.4, -0.2) is 23.6 Å². The quantitative estimate of drug-likeness (QED) is 0.780. The summed E-state index contributed by atoms with van der Waals surface area (Å²) in [7, 11) is 1.38. The molecule has 0 N–H and O–H groups in total. The van der Waals surface area contributed by atoms with E-state index in [0.29, 0.717) is 25.7 Å². The lowest BCUT2D eigenvalue weighted by Gasteiger charge is -2.36. The van der Waals surface area contributed by atoms with Crippen LogP contribution in [0.5, 0.6) is 0 Å². The van der Waals surface area contributed by atoms with Gasteiger partial charge in [-0.15, -0.1) is 0 Å². The number of hydrogen-bond donors (Lipinski definition) is 0. The molecule has 1 aromatic carbocycles. The molecule has 0 saturated heterocycles. The number of methoxy groups -OCH3 is 1. The molecule has 3 rings (SSSR count). The van der Waals surface area contributed by atoms with E-state index in [2.05, 4.69) is 6.07 Å². The van der Waals surface area contributed by atoms with E-state index in [1.807, 2.05) is 31.2 Å². The topological polar surface area (TPSA) is 72.1 Å². The number of para-hydroxylation sites is 1. The minimum absolute atomic E-state index is 0.0545. The SMILES string of the molecule is CC[C@@]1(CCC#N)CCc2c(CC(=O)OC)c3ccccc3n2C1=O. The molecule has 5 nitrogen and oxygen atoms in total. The zero-order chi connectivity index (χ0) is 18.0. The van der Waals surface area contributed by atoms with Crippen LogP contribution >= 0.6 is 0 Å². The van der Waals surface area contributed by atoms with Crippen LogP contribution in [0.1, 0.15) is 48.7 Å². The molecule has 0 radical (unpaired) electrons. The molecule has 0 aliphatic carbocycles. The summed E-state index contributed by atoms with van der Waals surface area (Å²) in [5, 5.41) is 9.90. The summed E-state index contributed by atoms with van der Waals surface area (Å²) in [6, 6.07) is 9.87. The van der Waals surface area contributed by atoms with Crippen LogP contribution in [0.4, 0.5) is 0 Å². The fraction of sp³-hybridized carbons (Fsp3) is 0.450. The molecule has 0 fully saturated rings. The van der Waals surface area contributed by atoms with E-state index in [-0.39, 0.29) is 18.3 Å². The van der Waals surface area contributed by atoms with Crippen molar-refractivity contribution in [1.29, 1.82) is 5.26 Å². The number of rotatable bonds is 5. The zero-order valence-corrected chi connectivity index (χ0v) is 14.7. The highest BCUT2D eigenvalue weighted by Gasteiger charge is 2.42. The lowest BCUT2D eigenvalue weighted by atomic mass is 9.73. The second-order valence-electron chi connectivity index (χ2n) is 6.63. The average Bonchev–Trinajstić information content (AvgIpc) is 2.96. The van der Waals surface area contributed by atoms with Gasteiger partial charge >= 0.3 is 5.97 Å². The fourth-order valence-electron chi connectivity index (χ4n) is 4.00. The number of hydrogen-bond acceptors (Lipinski definition) is 4. The Balaban J connectivity index is 2.16. The maximum absolute atomic E-state index is 13.4. The van der Waals surface area contributed by atoms with E-state index in [1.54, 1.807) is 4.57 Å². The number of esters is 1. The summed E-state index contributed by atoms with van der Waals surface area (Å²) < 4.78 is 6.63. The fourth-order valence-corrected chi connectivity index (χ4v) is 4.00. The molecule has 1 aliphatic heterocycles. The molecule has 0 saturated carbocycles. The van der Waals surface area contributed by atoms with Gasteiger partial charge in [0.25, 0.3) is 0 Å². The lowest BCUT2D eigenvalue weighted by molar-refractivity contribution is -0.139. The van der Waals surface area contributed by atoms with Gasteiger partial charge < -0.3 is 4.74 Å². The van der Waals surface area contributed by atoms with Gasteiger partial charge in [0.15, 0.2) is 0 Å². The number of benzene rings is 1. The maximum atomic E-state index is 13.4. The molecule has 0 bridgehead atoms. The third kappa shape index (κ3) is 2.72. The summed E-state index contributed by atoms with van der Waals surface area (Å²) in [6.45, 7) is 2.02. The number of carbonyl (C=O) groups is 2. The standard InChI is InChI=1S/C20H22N2O3/c1-3-20(10-6-12-21)11-9-17-15(13-18(23)25-2)14-7-4-5-8-16(14)22(17)19(20)24/h4-5,7-8H,3,6,9-11,13H2,1-2H3/t20-/m1/s1. The molecule has 25 heavy (non-hydrogen) atoms. The Morgan fingerprint density at radius 1 is 1.40 bits per heavy atom. The van der Waals surface area contributed by atoms with E-state index < -0.39 is 5.41 Å². The van der Waals surface area contributed by atoms with E-state index in [1.165, 1.54) is 7.11 Å². The van der Waals surface area contributed by atoms with Crippen LogP contribution in [0.3, 0.4) is 0 Å². The van der Waals surface area contributed by atoms with Crippen molar-refractivity contribution in [3.05, 3.63) is 35.5 Å². The summed E-state index contributed by atoms with van der Waals surface area (Å²) >= 11 is 0. The third-order valence-electron chi connectivity index (χ3n) is 5.53. The Hall–Kier alpha value is -2.61. The predicted molar refractivity (Wildman–Crippen MR) is 94.2 cm³/mol. The van der Waals surface area contributed by atoms with Crippen molar-refractivity contribution < 1.29 is 14.3 Å². The first-order valence-electron chi connectivity index (χ1n) is 8.67. The summed E-state index contributed by atoms with van der Waals surface area (Å²) in [6.07, 6.45) is 3.29. The Kier molecular flexibility index (Phi) is 4.63. The molecule has 2 heterocycles. The van der Waals surface area contributed by atoms with Gasteiger partial charge in [0.1, 0.15) is 0 Å². The van der Waals surface area contributed by atoms with Gasteiger partial charge in [-0.25, -0.2) is 0 Å². The highest BCUT2D eigenvalue weighted by Crippen LogP contribution is 2.43. The number of aromatic nitrogens is 1. The molecule has 0 amide bonds. The van der Waals surface area contributed by atoms with E-state index in [4.69, 9.17) is 10.00 Å². The molecule has 2 aromatic rings. The van der Waals surface area contributed by atoms with Crippen LogP contribution < -0.4 is 0 Å². The lowest BCUT2D eigenvalue weighted by Crippen LogP contribution is -2.40. The molecule has 130 valence electrons. The highest BCUT2D eigenvalue weighted by molar-refractivity contribution is 6.00. The van der Waals surface area contributed by atoms with Crippen molar-refractivity contribution in [2.75, 3.05) is 7.11 Å². The zero-order valence-electron chi connectivity index (χ0n) is 14.7. The van der Waals surface area contributed by atoms with E-state index in [9.17, 15) is 9.59 Å². The second kappa shape index (κ2) is 6.72. The number of nitriles is 1. The average molecular weight is 338 g/mol. The Bertz CT molecular complexity index is 875. The Morgan fingerprint density at radius 2 is 2.16 bits per heavy atom. The summed E-state index contributed by atoms with van der Waals surface area (Å²) in [5.74, 6) is -0.248. The van der Waals surface area contributed by atoms with Gasteiger partial charge in [0.05, 0.1) is 30.5 Å². The molecular weight excluding hydrogens is 316 g/mol. The van der Waals surface area contributed by atoms with Gasteiger partial charge in [-0.1, -0.05) is 25.1 Å². The van der Waals surface area contributed by atoms with Crippen LogP contribution in [0.2, 0.25) is 0 Å². The number of nitrogens with zero attached hydrogens (tertiary/aromatic N) is 2. The number of carbonyl (C=O) groups excluding carboxylic acids is 2. The largest absolute Gasteiger partial charge is 0.469 e. The van der Waals surface area contributed by atoms with Crippen molar-refractivity contribution in [2.45, 2.75) is 45.4 Å². The molecular formula is C20H22N2O3. The van der Waals surface area contributed by atoms with Crippen molar-refractivity contribution >= 4 is 22.8 Å². The first-order chi connectivity index (χ1) is 12.1. The van der Waals surface area contributed by atoms with E-state index in [0.717, 1.165) is 28.6 Å². The van der Waals surface area contributed by atoms with Crippen LogP contribution in [0.15, 0.2) is 24.3 Å². The minimum atomic E-state index is -0.493. The maximum Gasteiger partial charge on any atom is 0.310 e.